The van der Waals surface area contributed by atoms with E-state index in [2.05, 4.69) is 114 Å². The van der Waals surface area contributed by atoms with E-state index in [0.717, 1.165) is 0 Å². The molecule has 0 N–H and O–H groups in total. The topological polar surface area (TPSA) is 11.4 Å². The first-order chi connectivity index (χ1) is 13.1. The Hall–Kier alpha value is -3.20. The Bertz CT molecular complexity index is 1170. The highest BCUT2D eigenvalue weighted by Gasteiger charge is 2.23. The molecule has 27 heavy (non-hydrogen) atoms. The zero-order valence-electron chi connectivity index (χ0n) is 15.9. The number of aryl methyl sites for hydroxylation is 1. The Labute approximate surface area is 159 Å². The summed E-state index contributed by atoms with van der Waals surface area (Å²) in [6.07, 6.45) is 4.64. The maximum Gasteiger partial charge on any atom is 0.102 e. The quantitative estimate of drug-likeness (QED) is 0.460. The summed E-state index contributed by atoms with van der Waals surface area (Å²) in [5.74, 6) is 0. The van der Waals surface area contributed by atoms with E-state index < -0.39 is 0 Å². The minimum absolute atomic E-state index is 0.323. The van der Waals surface area contributed by atoms with E-state index in [1.165, 1.54) is 38.7 Å². The molecule has 0 unspecified atom stereocenters. The summed E-state index contributed by atoms with van der Waals surface area (Å²) in [6.45, 7) is 4.44. The van der Waals surface area contributed by atoms with Gasteiger partial charge in [0.15, 0.2) is 0 Å². The average molecular weight is 353 g/mol. The lowest BCUT2D eigenvalue weighted by atomic mass is 10.1. The summed E-state index contributed by atoms with van der Waals surface area (Å²) < 4.78 is 2.37. The van der Waals surface area contributed by atoms with Gasteiger partial charge in [-0.3, -0.25) is 0 Å². The molecule has 4 aromatic rings. The minimum atomic E-state index is 0.323. The van der Waals surface area contributed by atoms with Crippen molar-refractivity contribution in [2.45, 2.75) is 20.0 Å². The Balaban J connectivity index is 1.82. The van der Waals surface area contributed by atoms with Gasteiger partial charge in [0.1, 0.15) is 6.17 Å². The molecule has 0 saturated heterocycles. The Morgan fingerprint density at radius 2 is 1.52 bits per heavy atom. The Kier molecular flexibility index (Phi) is 3.51. The first kappa shape index (κ1) is 16.0. The Morgan fingerprint density at radius 1 is 0.778 bits per heavy atom. The predicted molar refractivity (Wildman–Crippen MR) is 114 cm³/mol. The maximum atomic E-state index is 2.37. The molecule has 1 aliphatic heterocycles. The van der Waals surface area contributed by atoms with Gasteiger partial charge in [-0.05, 0) is 49.7 Å². The third-order valence-electron chi connectivity index (χ3n) is 5.74. The standard InChI is InChI=1S/C24H23N3/c1-17-15-24-21(16-23(17)26-14-13-25(3)18(26)2)20-11-7-8-12-22(20)27(24)19-9-5-4-6-10-19/h4-16,18H,1-3H3/t18-/m0/s1. The first-order valence-corrected chi connectivity index (χ1v) is 9.43. The van der Waals surface area contributed by atoms with Crippen LogP contribution < -0.4 is 4.90 Å². The second-order valence-electron chi connectivity index (χ2n) is 7.35. The van der Waals surface area contributed by atoms with Crippen LogP contribution in [0.25, 0.3) is 27.5 Å². The van der Waals surface area contributed by atoms with E-state index in [1.54, 1.807) is 0 Å². The van der Waals surface area contributed by atoms with Crippen molar-refractivity contribution in [1.82, 2.24) is 9.47 Å². The van der Waals surface area contributed by atoms with Crippen molar-refractivity contribution in [3.8, 4) is 5.69 Å². The van der Waals surface area contributed by atoms with Crippen LogP contribution in [0.1, 0.15) is 12.5 Å². The van der Waals surface area contributed by atoms with E-state index >= 15 is 0 Å². The highest BCUT2D eigenvalue weighted by Crippen LogP contribution is 2.37. The fraction of sp³-hybridized carbons (Fsp3) is 0.167. The van der Waals surface area contributed by atoms with Gasteiger partial charge in [0.2, 0.25) is 0 Å². The number of hydrogen-bond acceptors (Lipinski definition) is 2. The molecular formula is C24H23N3. The number of fused-ring (bicyclic) bond motifs is 3. The molecule has 0 amide bonds. The molecule has 1 aliphatic rings. The summed E-state index contributed by atoms with van der Waals surface area (Å²) in [7, 11) is 2.12. The number of hydrogen-bond donors (Lipinski definition) is 0. The summed E-state index contributed by atoms with van der Waals surface area (Å²) in [4.78, 5) is 4.58. The summed E-state index contributed by atoms with van der Waals surface area (Å²) in [5.41, 5.74) is 6.26. The molecule has 0 radical (unpaired) electrons. The highest BCUT2D eigenvalue weighted by molar-refractivity contribution is 6.10. The largest absolute Gasteiger partial charge is 0.359 e. The molecule has 0 bridgehead atoms. The molecule has 0 aliphatic carbocycles. The fourth-order valence-electron chi connectivity index (χ4n) is 4.15. The fourth-order valence-corrected chi connectivity index (χ4v) is 4.15. The number of rotatable bonds is 2. The van der Waals surface area contributed by atoms with Crippen LogP contribution in [-0.2, 0) is 0 Å². The van der Waals surface area contributed by atoms with Gasteiger partial charge in [-0.15, -0.1) is 0 Å². The van der Waals surface area contributed by atoms with Crippen molar-refractivity contribution in [3.63, 3.8) is 0 Å². The zero-order chi connectivity index (χ0) is 18.5. The monoisotopic (exact) mass is 353 g/mol. The van der Waals surface area contributed by atoms with E-state index in [-0.39, 0.29) is 0 Å². The SMILES string of the molecule is Cc1cc2c(cc1N1C=CN(C)[C@@H]1C)c1ccccc1n2-c1ccccc1. The van der Waals surface area contributed by atoms with E-state index in [9.17, 15) is 0 Å². The van der Waals surface area contributed by atoms with Gasteiger partial charge >= 0.3 is 0 Å². The normalized spacial score (nSPS) is 16.8. The first-order valence-electron chi connectivity index (χ1n) is 9.43. The third kappa shape index (κ3) is 2.35. The molecule has 1 atom stereocenters. The lowest BCUT2D eigenvalue weighted by molar-refractivity contribution is 0.383. The van der Waals surface area contributed by atoms with Gasteiger partial charge in [0.05, 0.1) is 11.0 Å². The predicted octanol–water partition coefficient (Wildman–Crippen LogP) is 5.66. The van der Waals surface area contributed by atoms with E-state index in [4.69, 9.17) is 0 Å². The smallest absolute Gasteiger partial charge is 0.102 e. The second kappa shape index (κ2) is 5.92. The van der Waals surface area contributed by atoms with Crippen LogP contribution in [0.2, 0.25) is 0 Å². The van der Waals surface area contributed by atoms with Crippen LogP contribution in [0.3, 0.4) is 0 Å². The van der Waals surface area contributed by atoms with Crippen molar-refractivity contribution in [3.05, 3.63) is 84.7 Å². The molecule has 0 spiro atoms. The molecule has 5 rings (SSSR count). The molecule has 1 aromatic heterocycles. The van der Waals surface area contributed by atoms with Crippen LogP contribution in [0.15, 0.2) is 79.1 Å². The molecule has 0 saturated carbocycles. The van der Waals surface area contributed by atoms with E-state index in [0.29, 0.717) is 6.17 Å². The van der Waals surface area contributed by atoms with Gasteiger partial charge in [0, 0.05) is 41.6 Å². The third-order valence-corrected chi connectivity index (χ3v) is 5.74. The number of benzene rings is 3. The molecule has 0 fully saturated rings. The molecule has 134 valence electrons. The maximum absolute atomic E-state index is 2.37. The zero-order valence-corrected chi connectivity index (χ0v) is 15.9. The minimum Gasteiger partial charge on any atom is -0.359 e. The van der Waals surface area contributed by atoms with Gasteiger partial charge < -0.3 is 14.4 Å². The number of anilines is 1. The van der Waals surface area contributed by atoms with Crippen LogP contribution in [0.5, 0.6) is 0 Å². The molecule has 3 heteroatoms. The van der Waals surface area contributed by atoms with Gasteiger partial charge in [-0.25, -0.2) is 0 Å². The van der Waals surface area contributed by atoms with Crippen molar-refractivity contribution in [1.29, 1.82) is 0 Å². The van der Waals surface area contributed by atoms with Crippen molar-refractivity contribution >= 4 is 27.5 Å². The van der Waals surface area contributed by atoms with Crippen LogP contribution >= 0.6 is 0 Å². The van der Waals surface area contributed by atoms with Crippen molar-refractivity contribution < 1.29 is 0 Å². The lowest BCUT2D eigenvalue weighted by Crippen LogP contribution is -2.33. The Morgan fingerprint density at radius 3 is 2.26 bits per heavy atom. The molecular weight excluding hydrogens is 330 g/mol. The highest BCUT2D eigenvalue weighted by atomic mass is 15.4. The summed E-state index contributed by atoms with van der Waals surface area (Å²) in [5, 5.41) is 2.59. The molecule has 2 heterocycles. The van der Waals surface area contributed by atoms with Gasteiger partial charge in [-0.2, -0.15) is 0 Å². The van der Waals surface area contributed by atoms with Crippen molar-refractivity contribution in [2.24, 2.45) is 0 Å². The number of nitrogens with zero attached hydrogens (tertiary/aromatic N) is 3. The van der Waals surface area contributed by atoms with Crippen molar-refractivity contribution in [2.75, 3.05) is 11.9 Å². The van der Waals surface area contributed by atoms with Crippen LogP contribution in [0.4, 0.5) is 5.69 Å². The van der Waals surface area contributed by atoms with Crippen LogP contribution in [-0.4, -0.2) is 22.7 Å². The van der Waals surface area contributed by atoms with E-state index in [1.807, 2.05) is 0 Å². The van der Waals surface area contributed by atoms with Gasteiger partial charge in [0.25, 0.3) is 0 Å². The number of para-hydroxylation sites is 2. The molecule has 3 aromatic carbocycles. The van der Waals surface area contributed by atoms with Crippen LogP contribution in [0, 0.1) is 6.92 Å². The lowest BCUT2D eigenvalue weighted by Gasteiger charge is -2.28. The second-order valence-corrected chi connectivity index (χ2v) is 7.35. The number of aromatic nitrogens is 1. The average Bonchev–Trinajstić information content (AvgIpc) is 3.19. The van der Waals surface area contributed by atoms with Gasteiger partial charge in [-0.1, -0.05) is 36.4 Å². The summed E-state index contributed by atoms with van der Waals surface area (Å²) >= 11 is 0. The summed E-state index contributed by atoms with van der Waals surface area (Å²) in [6, 6.07) is 24.0. The molecule has 3 nitrogen and oxygen atoms in total.